The Hall–Kier alpha value is -3.64. The lowest BCUT2D eigenvalue weighted by atomic mass is 10.1. The van der Waals surface area contributed by atoms with Crippen LogP contribution >= 0.6 is 0 Å². The molecule has 0 atom stereocenters. The summed E-state index contributed by atoms with van der Waals surface area (Å²) in [7, 11) is -3.91. The predicted octanol–water partition coefficient (Wildman–Crippen LogP) is 4.91. The molecule has 0 saturated carbocycles. The smallest absolute Gasteiger partial charge is 0.264 e. The van der Waals surface area contributed by atoms with Crippen molar-refractivity contribution in [1.82, 2.24) is 5.32 Å². The van der Waals surface area contributed by atoms with Crippen molar-refractivity contribution < 1.29 is 13.2 Å². The fourth-order valence-electron chi connectivity index (χ4n) is 3.67. The van der Waals surface area contributed by atoms with E-state index in [1.165, 1.54) is 12.1 Å². The standard InChI is InChI=1S/C27H26N2O3S/c1-2-21-13-16-25(17-14-21)29(33(31,32)26-10-4-3-5-11-26)20-27(30)28-19-22-12-15-23-8-6-7-9-24(23)18-22/h3-18H,2,19-20H2,1H3,(H,28,30). The quantitative estimate of drug-likeness (QED) is 0.408. The first-order valence-electron chi connectivity index (χ1n) is 10.9. The molecule has 1 N–H and O–H groups in total. The molecule has 4 rings (SSSR count). The lowest BCUT2D eigenvalue weighted by Crippen LogP contribution is -2.40. The van der Waals surface area contributed by atoms with E-state index in [4.69, 9.17) is 0 Å². The van der Waals surface area contributed by atoms with E-state index in [2.05, 4.69) is 5.32 Å². The van der Waals surface area contributed by atoms with E-state index in [1.54, 1.807) is 30.3 Å². The van der Waals surface area contributed by atoms with Crippen molar-refractivity contribution in [3.05, 3.63) is 108 Å². The van der Waals surface area contributed by atoms with Crippen LogP contribution in [0.3, 0.4) is 0 Å². The number of fused-ring (bicyclic) bond motifs is 1. The molecule has 0 aliphatic rings. The number of aryl methyl sites for hydroxylation is 1. The summed E-state index contributed by atoms with van der Waals surface area (Å²) in [5.41, 5.74) is 2.50. The summed E-state index contributed by atoms with van der Waals surface area (Å²) in [5, 5.41) is 5.08. The minimum Gasteiger partial charge on any atom is -0.350 e. The number of rotatable bonds is 8. The highest BCUT2D eigenvalue weighted by molar-refractivity contribution is 7.92. The molecule has 33 heavy (non-hydrogen) atoms. The van der Waals surface area contributed by atoms with Gasteiger partial charge in [0.15, 0.2) is 0 Å². The van der Waals surface area contributed by atoms with Gasteiger partial charge in [-0.2, -0.15) is 0 Å². The average Bonchev–Trinajstić information content (AvgIpc) is 2.86. The molecule has 6 heteroatoms. The highest BCUT2D eigenvalue weighted by atomic mass is 32.2. The van der Waals surface area contributed by atoms with Crippen LogP contribution in [0.25, 0.3) is 10.8 Å². The van der Waals surface area contributed by atoms with Gasteiger partial charge in [0, 0.05) is 6.54 Å². The molecule has 0 fully saturated rings. The third-order valence-electron chi connectivity index (χ3n) is 5.55. The number of nitrogens with one attached hydrogen (secondary N) is 1. The zero-order valence-corrected chi connectivity index (χ0v) is 19.3. The van der Waals surface area contributed by atoms with Crippen molar-refractivity contribution in [2.24, 2.45) is 0 Å². The Morgan fingerprint density at radius 2 is 1.42 bits per heavy atom. The van der Waals surface area contributed by atoms with Crippen LogP contribution in [0.15, 0.2) is 102 Å². The van der Waals surface area contributed by atoms with Gasteiger partial charge in [-0.05, 0) is 58.7 Å². The normalized spacial score (nSPS) is 11.3. The number of hydrogen-bond acceptors (Lipinski definition) is 3. The van der Waals surface area contributed by atoms with Crippen molar-refractivity contribution in [3.63, 3.8) is 0 Å². The van der Waals surface area contributed by atoms with Crippen molar-refractivity contribution in [2.45, 2.75) is 24.8 Å². The number of carbonyl (C=O) groups is 1. The van der Waals surface area contributed by atoms with Gasteiger partial charge >= 0.3 is 0 Å². The van der Waals surface area contributed by atoms with Crippen molar-refractivity contribution in [1.29, 1.82) is 0 Å². The predicted molar refractivity (Wildman–Crippen MR) is 133 cm³/mol. The van der Waals surface area contributed by atoms with Crippen LogP contribution in [0.5, 0.6) is 0 Å². The van der Waals surface area contributed by atoms with Crippen LogP contribution in [0, 0.1) is 0 Å². The molecule has 0 unspecified atom stereocenters. The SMILES string of the molecule is CCc1ccc(N(CC(=O)NCc2ccc3ccccc3c2)S(=O)(=O)c2ccccc2)cc1. The largest absolute Gasteiger partial charge is 0.350 e. The second-order valence-corrected chi connectivity index (χ2v) is 9.67. The molecular weight excluding hydrogens is 432 g/mol. The Morgan fingerprint density at radius 1 is 0.788 bits per heavy atom. The maximum atomic E-state index is 13.4. The van der Waals surface area contributed by atoms with Crippen molar-refractivity contribution in [2.75, 3.05) is 10.8 Å². The van der Waals surface area contributed by atoms with Gasteiger partial charge in [0.05, 0.1) is 10.6 Å². The van der Waals surface area contributed by atoms with Crippen molar-refractivity contribution >= 4 is 32.4 Å². The Bertz CT molecular complexity index is 1350. The lowest BCUT2D eigenvalue weighted by Gasteiger charge is -2.24. The molecule has 0 saturated heterocycles. The second-order valence-electron chi connectivity index (χ2n) is 7.80. The van der Waals surface area contributed by atoms with Gasteiger partial charge in [0.1, 0.15) is 6.54 Å². The minimum atomic E-state index is -3.91. The number of anilines is 1. The molecule has 0 radical (unpaired) electrons. The molecule has 168 valence electrons. The molecule has 4 aromatic carbocycles. The third-order valence-corrected chi connectivity index (χ3v) is 7.34. The molecule has 1 amide bonds. The van der Waals surface area contributed by atoms with Crippen molar-refractivity contribution in [3.8, 4) is 0 Å². The second kappa shape index (κ2) is 9.88. The topological polar surface area (TPSA) is 66.5 Å². The summed E-state index contributed by atoms with van der Waals surface area (Å²) in [4.78, 5) is 13.0. The van der Waals surface area contributed by atoms with Gasteiger partial charge in [0.2, 0.25) is 5.91 Å². The highest BCUT2D eigenvalue weighted by Gasteiger charge is 2.27. The summed E-state index contributed by atoms with van der Waals surface area (Å²) >= 11 is 0. The number of hydrogen-bond donors (Lipinski definition) is 1. The molecule has 0 aliphatic heterocycles. The van der Waals surface area contributed by atoms with Crippen LogP contribution in [-0.2, 0) is 27.8 Å². The van der Waals surface area contributed by atoms with Crippen LogP contribution in [0.1, 0.15) is 18.1 Å². The van der Waals surface area contributed by atoms with Gasteiger partial charge in [0.25, 0.3) is 10.0 Å². The van der Waals surface area contributed by atoms with Gasteiger partial charge in [-0.1, -0.05) is 73.7 Å². The summed E-state index contributed by atoms with van der Waals surface area (Å²) in [5.74, 6) is -0.373. The lowest BCUT2D eigenvalue weighted by molar-refractivity contribution is -0.119. The van der Waals surface area contributed by atoms with E-state index >= 15 is 0 Å². The molecule has 0 spiro atoms. The first-order valence-corrected chi connectivity index (χ1v) is 12.3. The zero-order chi connectivity index (χ0) is 23.3. The van der Waals surface area contributed by atoms with Gasteiger partial charge in [-0.15, -0.1) is 0 Å². The van der Waals surface area contributed by atoms with E-state index in [9.17, 15) is 13.2 Å². The molecule has 4 aromatic rings. The minimum absolute atomic E-state index is 0.145. The third kappa shape index (κ3) is 5.23. The molecule has 0 bridgehead atoms. The summed E-state index contributed by atoms with van der Waals surface area (Å²) in [6.07, 6.45) is 0.845. The van der Waals surface area contributed by atoms with Crippen LogP contribution in [0.2, 0.25) is 0 Å². The zero-order valence-electron chi connectivity index (χ0n) is 18.4. The Kier molecular flexibility index (Phi) is 6.75. The number of amides is 1. The van der Waals surface area contributed by atoms with E-state index in [0.717, 1.165) is 32.6 Å². The number of benzene rings is 4. The van der Waals surface area contributed by atoms with Gasteiger partial charge < -0.3 is 5.32 Å². The van der Waals surface area contributed by atoms with Gasteiger partial charge in [-0.3, -0.25) is 9.10 Å². The number of nitrogens with zero attached hydrogens (tertiary/aromatic N) is 1. The van der Waals surface area contributed by atoms with Crippen LogP contribution in [-0.4, -0.2) is 20.9 Å². The maximum Gasteiger partial charge on any atom is 0.264 e. The monoisotopic (exact) mass is 458 g/mol. The first kappa shape index (κ1) is 22.6. The summed E-state index contributed by atoms with van der Waals surface area (Å²) in [6.45, 7) is 2.04. The van der Waals surface area contributed by atoms with E-state index in [0.29, 0.717) is 12.2 Å². The Balaban J connectivity index is 1.55. The van der Waals surface area contributed by atoms with Crippen LogP contribution < -0.4 is 9.62 Å². The highest BCUT2D eigenvalue weighted by Crippen LogP contribution is 2.24. The maximum absolute atomic E-state index is 13.4. The summed E-state index contributed by atoms with van der Waals surface area (Å²) in [6, 6.07) is 29.5. The number of carbonyl (C=O) groups excluding carboxylic acids is 1. The van der Waals surface area contributed by atoms with Crippen LogP contribution in [0.4, 0.5) is 5.69 Å². The molecular formula is C27H26N2O3S. The van der Waals surface area contributed by atoms with E-state index in [-0.39, 0.29) is 17.3 Å². The first-order chi connectivity index (χ1) is 16.0. The fraction of sp³-hybridized carbons (Fsp3) is 0.148. The molecule has 0 aliphatic carbocycles. The molecule has 5 nitrogen and oxygen atoms in total. The molecule has 0 heterocycles. The number of sulfonamides is 1. The Labute approximate surface area is 194 Å². The van der Waals surface area contributed by atoms with Gasteiger partial charge in [-0.25, -0.2) is 8.42 Å². The van der Waals surface area contributed by atoms with E-state index in [1.807, 2.05) is 61.5 Å². The fourth-order valence-corrected chi connectivity index (χ4v) is 5.11. The average molecular weight is 459 g/mol. The molecule has 0 aromatic heterocycles. The van der Waals surface area contributed by atoms with E-state index < -0.39 is 10.0 Å². The Morgan fingerprint density at radius 3 is 2.12 bits per heavy atom. The summed E-state index contributed by atoms with van der Waals surface area (Å²) < 4.78 is 27.9.